The van der Waals surface area contributed by atoms with Crippen molar-refractivity contribution in [2.24, 2.45) is 0 Å². The summed E-state index contributed by atoms with van der Waals surface area (Å²) in [6.45, 7) is 3.82. The molecule has 0 radical (unpaired) electrons. The number of allylic oxidation sites excluding steroid dienone is 4. The minimum absolute atomic E-state index is 0.576. The van der Waals surface area contributed by atoms with E-state index in [4.69, 9.17) is 5.41 Å². The quantitative estimate of drug-likeness (QED) is 0.497. The Bertz CT molecular complexity index is 763. The van der Waals surface area contributed by atoms with Gasteiger partial charge in [-0.15, -0.1) is 0 Å². The maximum absolute atomic E-state index is 7.70. The highest BCUT2D eigenvalue weighted by Crippen LogP contribution is 2.37. The van der Waals surface area contributed by atoms with E-state index < -0.39 is 0 Å². The zero-order valence-corrected chi connectivity index (χ0v) is 12.5. The Morgan fingerprint density at radius 3 is 2.57 bits per heavy atom. The van der Waals surface area contributed by atoms with Crippen LogP contribution in [0.15, 0.2) is 60.7 Å². The molecule has 0 spiro atoms. The Balaban J connectivity index is 2.06. The van der Waals surface area contributed by atoms with Crippen molar-refractivity contribution in [2.75, 3.05) is 0 Å². The molecule has 1 heteroatoms. The number of benzene rings is 2. The van der Waals surface area contributed by atoms with E-state index >= 15 is 0 Å². The van der Waals surface area contributed by atoms with Gasteiger partial charge >= 0.3 is 0 Å². The smallest absolute Gasteiger partial charge is 0.0289 e. The second-order valence-corrected chi connectivity index (χ2v) is 5.49. The van der Waals surface area contributed by atoms with E-state index in [1.165, 1.54) is 27.8 Å². The zero-order chi connectivity index (χ0) is 14.8. The van der Waals surface area contributed by atoms with E-state index in [2.05, 4.69) is 48.5 Å². The van der Waals surface area contributed by atoms with Gasteiger partial charge in [0, 0.05) is 5.71 Å². The van der Waals surface area contributed by atoms with Gasteiger partial charge in [-0.3, -0.25) is 0 Å². The average Bonchev–Trinajstić information content (AvgIpc) is 2.84. The predicted molar refractivity (Wildman–Crippen MR) is 90.9 cm³/mol. The molecule has 2 aromatic rings. The van der Waals surface area contributed by atoms with Crippen LogP contribution in [-0.2, 0) is 6.42 Å². The van der Waals surface area contributed by atoms with E-state index in [9.17, 15) is 0 Å². The standard InChI is InChI=1S/C20H19N/c1-3-6-15(11-14(2)21)16-9-10-20-18(12-16)13-17-7-4-5-8-19(17)20/h3-12,21H,13H2,1-2H3/b6-3?,15-11+,21-14?. The lowest BCUT2D eigenvalue weighted by Crippen LogP contribution is -1.89. The van der Waals surface area contributed by atoms with Crippen molar-refractivity contribution in [3.05, 3.63) is 77.4 Å². The Hall–Kier alpha value is -2.41. The van der Waals surface area contributed by atoms with E-state index in [1.54, 1.807) is 0 Å². The first kappa shape index (κ1) is 13.6. The molecule has 21 heavy (non-hydrogen) atoms. The van der Waals surface area contributed by atoms with Crippen molar-refractivity contribution in [3.63, 3.8) is 0 Å². The van der Waals surface area contributed by atoms with Crippen LogP contribution in [0.4, 0.5) is 0 Å². The summed E-state index contributed by atoms with van der Waals surface area (Å²) < 4.78 is 0. The zero-order valence-electron chi connectivity index (χ0n) is 12.5. The summed E-state index contributed by atoms with van der Waals surface area (Å²) in [4.78, 5) is 0. The molecule has 0 amide bonds. The maximum atomic E-state index is 7.70. The highest BCUT2D eigenvalue weighted by molar-refractivity contribution is 5.99. The molecule has 0 atom stereocenters. The van der Waals surface area contributed by atoms with Crippen LogP contribution in [0.3, 0.4) is 0 Å². The van der Waals surface area contributed by atoms with Crippen molar-refractivity contribution in [1.82, 2.24) is 0 Å². The minimum atomic E-state index is 0.576. The summed E-state index contributed by atoms with van der Waals surface area (Å²) >= 11 is 0. The number of hydrogen-bond donors (Lipinski definition) is 1. The predicted octanol–water partition coefficient (Wildman–Crippen LogP) is 5.26. The van der Waals surface area contributed by atoms with Crippen molar-refractivity contribution in [1.29, 1.82) is 5.41 Å². The lowest BCUT2D eigenvalue weighted by atomic mass is 9.98. The molecule has 1 aliphatic carbocycles. The number of hydrogen-bond acceptors (Lipinski definition) is 1. The fourth-order valence-electron chi connectivity index (χ4n) is 2.97. The summed E-state index contributed by atoms with van der Waals surface area (Å²) in [6, 6.07) is 15.3. The lowest BCUT2D eigenvalue weighted by molar-refractivity contribution is 1.26. The molecule has 1 nitrogen and oxygen atoms in total. The van der Waals surface area contributed by atoms with Gasteiger partial charge in [0.2, 0.25) is 0 Å². The van der Waals surface area contributed by atoms with Crippen LogP contribution in [0.2, 0.25) is 0 Å². The molecule has 104 valence electrons. The van der Waals surface area contributed by atoms with E-state index in [0.717, 1.165) is 12.0 Å². The molecule has 0 aliphatic heterocycles. The Labute approximate surface area is 126 Å². The van der Waals surface area contributed by atoms with Gasteiger partial charge in [-0.2, -0.15) is 0 Å². The summed E-state index contributed by atoms with van der Waals surface area (Å²) in [5.41, 5.74) is 8.36. The summed E-state index contributed by atoms with van der Waals surface area (Å²) in [5, 5.41) is 7.70. The van der Waals surface area contributed by atoms with E-state index in [-0.39, 0.29) is 0 Å². The molecule has 1 aliphatic rings. The maximum Gasteiger partial charge on any atom is 0.0289 e. The molecule has 0 fully saturated rings. The van der Waals surface area contributed by atoms with Crippen LogP contribution < -0.4 is 0 Å². The van der Waals surface area contributed by atoms with Gasteiger partial charge in [0.05, 0.1) is 0 Å². The van der Waals surface area contributed by atoms with Crippen LogP contribution >= 0.6 is 0 Å². The summed E-state index contributed by atoms with van der Waals surface area (Å²) in [6.07, 6.45) is 7.02. The molecular formula is C20H19N. The Morgan fingerprint density at radius 1 is 1.05 bits per heavy atom. The molecule has 1 N–H and O–H groups in total. The second-order valence-electron chi connectivity index (χ2n) is 5.49. The minimum Gasteiger partial charge on any atom is -0.306 e. The first-order valence-corrected chi connectivity index (χ1v) is 7.30. The van der Waals surface area contributed by atoms with Crippen LogP contribution in [0.5, 0.6) is 0 Å². The van der Waals surface area contributed by atoms with Crippen molar-refractivity contribution in [3.8, 4) is 11.1 Å². The van der Waals surface area contributed by atoms with Crippen molar-refractivity contribution < 1.29 is 0 Å². The normalized spacial score (nSPS) is 13.3. The Morgan fingerprint density at radius 2 is 1.81 bits per heavy atom. The van der Waals surface area contributed by atoms with Crippen LogP contribution in [-0.4, -0.2) is 5.71 Å². The Kier molecular flexibility index (Phi) is 3.57. The van der Waals surface area contributed by atoms with E-state index in [1.807, 2.05) is 26.0 Å². The second kappa shape index (κ2) is 5.53. The van der Waals surface area contributed by atoms with Crippen LogP contribution in [0.1, 0.15) is 30.5 Å². The first-order valence-electron chi connectivity index (χ1n) is 7.30. The van der Waals surface area contributed by atoms with Gasteiger partial charge in [0.1, 0.15) is 0 Å². The topological polar surface area (TPSA) is 23.9 Å². The molecule has 2 aromatic carbocycles. The molecule has 0 saturated carbocycles. The third-order valence-electron chi connectivity index (χ3n) is 3.85. The van der Waals surface area contributed by atoms with Gasteiger partial charge in [-0.25, -0.2) is 0 Å². The van der Waals surface area contributed by atoms with Crippen LogP contribution in [0, 0.1) is 5.41 Å². The van der Waals surface area contributed by atoms with Gasteiger partial charge in [0.25, 0.3) is 0 Å². The number of fused-ring (bicyclic) bond motifs is 3. The highest BCUT2D eigenvalue weighted by atomic mass is 14.4. The monoisotopic (exact) mass is 273 g/mol. The molecule has 0 heterocycles. The number of nitrogens with one attached hydrogen (secondary N) is 1. The van der Waals surface area contributed by atoms with E-state index in [0.29, 0.717) is 5.71 Å². The van der Waals surface area contributed by atoms with Gasteiger partial charge in [0.15, 0.2) is 0 Å². The molecular weight excluding hydrogens is 254 g/mol. The molecule has 3 rings (SSSR count). The van der Waals surface area contributed by atoms with Crippen molar-refractivity contribution >= 4 is 11.3 Å². The van der Waals surface area contributed by atoms with Gasteiger partial charge in [-0.05, 0) is 59.7 Å². The SMILES string of the molecule is CC=C/C(=C\C(C)=N)c1ccc2c(c1)Cc1ccccc1-2. The third-order valence-corrected chi connectivity index (χ3v) is 3.85. The number of rotatable bonds is 3. The first-order chi connectivity index (χ1) is 10.2. The van der Waals surface area contributed by atoms with Crippen LogP contribution in [0.25, 0.3) is 16.7 Å². The van der Waals surface area contributed by atoms with Crippen molar-refractivity contribution in [2.45, 2.75) is 20.3 Å². The largest absolute Gasteiger partial charge is 0.306 e. The highest BCUT2D eigenvalue weighted by Gasteiger charge is 2.18. The van der Waals surface area contributed by atoms with Gasteiger partial charge in [-0.1, -0.05) is 54.6 Å². The summed E-state index contributed by atoms with van der Waals surface area (Å²) in [5.74, 6) is 0. The third kappa shape index (κ3) is 2.59. The summed E-state index contributed by atoms with van der Waals surface area (Å²) in [7, 11) is 0. The molecule has 0 aromatic heterocycles. The average molecular weight is 273 g/mol. The van der Waals surface area contributed by atoms with Gasteiger partial charge < -0.3 is 5.41 Å². The molecule has 0 saturated heterocycles. The lowest BCUT2D eigenvalue weighted by Gasteiger charge is -2.07. The molecule has 0 unspecified atom stereocenters. The fraction of sp³-hybridized carbons (Fsp3) is 0.150. The molecule has 0 bridgehead atoms. The fourth-order valence-corrected chi connectivity index (χ4v) is 2.97.